The molecule has 4 rings (SSSR count). The number of fused-ring (bicyclic) bond motifs is 3. The average molecular weight is 327 g/mol. The van der Waals surface area contributed by atoms with E-state index in [1.54, 1.807) is 23.5 Å². The van der Waals surface area contributed by atoms with Crippen molar-refractivity contribution >= 4 is 27.2 Å². The van der Waals surface area contributed by atoms with Gasteiger partial charge in [-0.1, -0.05) is 6.07 Å². The van der Waals surface area contributed by atoms with Gasteiger partial charge in [-0.2, -0.15) is 0 Å². The van der Waals surface area contributed by atoms with Crippen LogP contribution in [0.1, 0.15) is 23.3 Å². The van der Waals surface area contributed by atoms with E-state index in [1.165, 1.54) is 35.3 Å². The summed E-state index contributed by atoms with van der Waals surface area (Å²) in [6.07, 6.45) is 5.93. The fourth-order valence-corrected chi connectivity index (χ4v) is 4.13. The lowest BCUT2D eigenvalue weighted by molar-refractivity contribution is -0.384. The third-order valence-corrected chi connectivity index (χ3v) is 5.16. The van der Waals surface area contributed by atoms with Gasteiger partial charge in [-0.3, -0.25) is 10.1 Å². The molecular weight excluding hydrogens is 314 g/mol. The third-order valence-electron chi connectivity index (χ3n) is 3.96. The average Bonchev–Trinajstić information content (AvgIpc) is 2.94. The lowest BCUT2D eigenvalue weighted by Gasteiger charge is -2.11. The fourth-order valence-electron chi connectivity index (χ4n) is 2.91. The summed E-state index contributed by atoms with van der Waals surface area (Å²) in [7, 11) is 0. The Hall–Kier alpha value is -2.54. The largest absolute Gasteiger partial charge is 0.438 e. The third kappa shape index (κ3) is 2.53. The first-order valence-electron chi connectivity index (χ1n) is 7.40. The Morgan fingerprint density at radius 3 is 2.96 bits per heavy atom. The molecule has 3 aromatic rings. The number of hydrogen-bond donors (Lipinski definition) is 0. The molecule has 1 aliphatic carbocycles. The monoisotopic (exact) mass is 327 g/mol. The number of nitro benzene ring substituents is 1. The van der Waals surface area contributed by atoms with Crippen LogP contribution in [-0.2, 0) is 12.8 Å². The van der Waals surface area contributed by atoms with Crippen molar-refractivity contribution in [3.8, 4) is 11.6 Å². The molecule has 0 aliphatic heterocycles. The minimum atomic E-state index is -0.436. The maximum atomic E-state index is 10.9. The minimum absolute atomic E-state index is 0.000137. The van der Waals surface area contributed by atoms with Gasteiger partial charge >= 0.3 is 0 Å². The summed E-state index contributed by atoms with van der Waals surface area (Å²) in [4.78, 5) is 21.4. The highest BCUT2D eigenvalue weighted by atomic mass is 32.1. The van der Waals surface area contributed by atoms with Gasteiger partial charge in [-0.05, 0) is 37.3 Å². The molecule has 23 heavy (non-hydrogen) atoms. The normalized spacial score (nSPS) is 13.7. The Labute approximate surface area is 135 Å². The molecule has 2 heterocycles. The molecule has 0 amide bonds. The zero-order chi connectivity index (χ0) is 15.8. The van der Waals surface area contributed by atoms with Gasteiger partial charge in [-0.25, -0.2) is 9.97 Å². The van der Waals surface area contributed by atoms with Crippen LogP contribution in [0.4, 0.5) is 5.69 Å². The molecule has 6 nitrogen and oxygen atoms in total. The summed E-state index contributed by atoms with van der Waals surface area (Å²) in [5.74, 6) is 0.893. The van der Waals surface area contributed by atoms with Crippen LogP contribution in [-0.4, -0.2) is 14.9 Å². The molecule has 0 bridgehead atoms. The van der Waals surface area contributed by atoms with E-state index in [0.29, 0.717) is 11.6 Å². The fraction of sp³-hybridized carbons (Fsp3) is 0.250. The number of thiophene rings is 1. The Morgan fingerprint density at radius 1 is 1.22 bits per heavy atom. The lowest BCUT2D eigenvalue weighted by Crippen LogP contribution is -1.99. The van der Waals surface area contributed by atoms with E-state index in [0.717, 1.165) is 29.5 Å². The standard InChI is InChI=1S/C16H13N3O3S/c20-19(21)10-4-3-5-11(8-10)22-15-14-12-6-1-2-7-13(12)23-16(14)18-9-17-15/h3-5,8-9H,1-2,6-7H2. The molecule has 0 N–H and O–H groups in total. The second-order valence-electron chi connectivity index (χ2n) is 5.43. The van der Waals surface area contributed by atoms with E-state index in [4.69, 9.17) is 4.74 Å². The van der Waals surface area contributed by atoms with Crippen LogP contribution < -0.4 is 4.74 Å². The molecule has 1 aromatic carbocycles. The zero-order valence-electron chi connectivity index (χ0n) is 12.2. The van der Waals surface area contributed by atoms with Crippen molar-refractivity contribution in [3.63, 3.8) is 0 Å². The molecule has 0 saturated heterocycles. The van der Waals surface area contributed by atoms with Gasteiger partial charge in [0.2, 0.25) is 5.88 Å². The van der Waals surface area contributed by atoms with Crippen LogP contribution in [0, 0.1) is 10.1 Å². The SMILES string of the molecule is O=[N+]([O-])c1cccc(Oc2ncnc3sc4c(c23)CCCC4)c1. The van der Waals surface area contributed by atoms with Crippen LogP contribution in [0.25, 0.3) is 10.2 Å². The summed E-state index contributed by atoms with van der Waals surface area (Å²) < 4.78 is 5.86. The van der Waals surface area contributed by atoms with Gasteiger partial charge in [0.1, 0.15) is 16.9 Å². The van der Waals surface area contributed by atoms with Crippen molar-refractivity contribution in [2.24, 2.45) is 0 Å². The quantitative estimate of drug-likeness (QED) is 0.530. The Balaban J connectivity index is 1.78. The topological polar surface area (TPSA) is 78.2 Å². The molecule has 116 valence electrons. The smallest absolute Gasteiger partial charge is 0.273 e. The van der Waals surface area contributed by atoms with Gasteiger partial charge in [0.25, 0.3) is 5.69 Å². The second-order valence-corrected chi connectivity index (χ2v) is 6.51. The van der Waals surface area contributed by atoms with Gasteiger partial charge in [0, 0.05) is 10.9 Å². The van der Waals surface area contributed by atoms with Crippen molar-refractivity contribution in [1.29, 1.82) is 0 Å². The van der Waals surface area contributed by atoms with E-state index < -0.39 is 4.92 Å². The van der Waals surface area contributed by atoms with Crippen LogP contribution in [0.2, 0.25) is 0 Å². The highest BCUT2D eigenvalue weighted by Gasteiger charge is 2.21. The van der Waals surface area contributed by atoms with E-state index in [2.05, 4.69) is 9.97 Å². The van der Waals surface area contributed by atoms with E-state index >= 15 is 0 Å². The molecule has 1 aliphatic rings. The maximum Gasteiger partial charge on any atom is 0.273 e. The van der Waals surface area contributed by atoms with Crippen LogP contribution in [0.5, 0.6) is 11.6 Å². The number of nitrogens with zero attached hydrogens (tertiary/aromatic N) is 3. The molecule has 7 heteroatoms. The lowest BCUT2D eigenvalue weighted by atomic mass is 9.97. The van der Waals surface area contributed by atoms with Crippen molar-refractivity contribution in [1.82, 2.24) is 9.97 Å². The summed E-state index contributed by atoms with van der Waals surface area (Å²) in [5, 5.41) is 11.9. The number of aryl methyl sites for hydroxylation is 2. The van der Waals surface area contributed by atoms with Crippen molar-refractivity contribution < 1.29 is 9.66 Å². The first-order chi connectivity index (χ1) is 11.2. The predicted molar refractivity (Wildman–Crippen MR) is 87.2 cm³/mol. The molecular formula is C16H13N3O3S. The van der Waals surface area contributed by atoms with Crippen LogP contribution >= 0.6 is 11.3 Å². The molecule has 0 fully saturated rings. The maximum absolute atomic E-state index is 10.9. The molecule has 0 radical (unpaired) electrons. The van der Waals surface area contributed by atoms with Crippen molar-refractivity contribution in [3.05, 3.63) is 51.1 Å². The van der Waals surface area contributed by atoms with Gasteiger partial charge < -0.3 is 4.74 Å². The summed E-state index contributed by atoms with van der Waals surface area (Å²) in [5.41, 5.74) is 1.28. The molecule has 0 atom stereocenters. The zero-order valence-corrected chi connectivity index (χ0v) is 13.0. The number of aromatic nitrogens is 2. The van der Waals surface area contributed by atoms with Gasteiger partial charge in [0.05, 0.1) is 16.4 Å². The Kier molecular flexibility index (Phi) is 3.42. The summed E-state index contributed by atoms with van der Waals surface area (Å²) in [6, 6.07) is 6.15. The highest BCUT2D eigenvalue weighted by Crippen LogP contribution is 2.40. The summed E-state index contributed by atoms with van der Waals surface area (Å²) >= 11 is 1.69. The van der Waals surface area contributed by atoms with Crippen LogP contribution in [0.3, 0.4) is 0 Å². The number of benzene rings is 1. The first kappa shape index (κ1) is 14.1. The number of ether oxygens (including phenoxy) is 1. The predicted octanol–water partition coefficient (Wildman–Crippen LogP) is 4.27. The van der Waals surface area contributed by atoms with Crippen LogP contribution in [0.15, 0.2) is 30.6 Å². The molecule has 2 aromatic heterocycles. The Morgan fingerprint density at radius 2 is 2.09 bits per heavy atom. The van der Waals surface area contributed by atoms with E-state index in [-0.39, 0.29) is 5.69 Å². The number of hydrogen-bond acceptors (Lipinski definition) is 6. The second kappa shape index (κ2) is 5.58. The number of nitro groups is 1. The van der Waals surface area contributed by atoms with Crippen molar-refractivity contribution in [2.75, 3.05) is 0 Å². The summed E-state index contributed by atoms with van der Waals surface area (Å²) in [6.45, 7) is 0. The number of non-ortho nitro benzene ring substituents is 1. The van der Waals surface area contributed by atoms with Crippen molar-refractivity contribution in [2.45, 2.75) is 25.7 Å². The molecule has 0 saturated carbocycles. The highest BCUT2D eigenvalue weighted by molar-refractivity contribution is 7.18. The Bertz CT molecular complexity index is 907. The minimum Gasteiger partial charge on any atom is -0.438 e. The molecule has 0 unspecified atom stereocenters. The van der Waals surface area contributed by atoms with Gasteiger partial charge in [-0.15, -0.1) is 11.3 Å². The molecule has 0 spiro atoms. The first-order valence-corrected chi connectivity index (χ1v) is 8.21. The number of rotatable bonds is 3. The van der Waals surface area contributed by atoms with E-state index in [9.17, 15) is 10.1 Å². The van der Waals surface area contributed by atoms with E-state index in [1.807, 2.05) is 0 Å². The van der Waals surface area contributed by atoms with Gasteiger partial charge in [0.15, 0.2) is 0 Å².